The number of hydrogen-bond acceptors (Lipinski definition) is 6. The lowest BCUT2D eigenvalue weighted by Crippen LogP contribution is -2.25. The van der Waals surface area contributed by atoms with E-state index in [9.17, 15) is 4.79 Å². The number of amides is 1. The fourth-order valence-electron chi connectivity index (χ4n) is 5.50. The molecule has 8 nitrogen and oxygen atoms in total. The summed E-state index contributed by atoms with van der Waals surface area (Å²) in [5.74, 6) is 1.25. The molecule has 1 amide bonds. The van der Waals surface area contributed by atoms with Gasteiger partial charge < -0.3 is 10.1 Å². The summed E-state index contributed by atoms with van der Waals surface area (Å²) in [5, 5.41) is 24.5. The van der Waals surface area contributed by atoms with Crippen molar-refractivity contribution in [1.82, 2.24) is 20.0 Å². The quantitative estimate of drug-likeness (QED) is 0.165. The van der Waals surface area contributed by atoms with Crippen molar-refractivity contribution < 1.29 is 9.53 Å². The minimum absolute atomic E-state index is 0.0213. The second kappa shape index (κ2) is 14.5. The van der Waals surface area contributed by atoms with Crippen LogP contribution in [0.25, 0.3) is 22.5 Å². The maximum Gasteiger partial charge on any atom is 0.225 e. The van der Waals surface area contributed by atoms with E-state index in [2.05, 4.69) is 39.8 Å². The molecular weight excluding hydrogens is 524 g/mol. The highest BCUT2D eigenvalue weighted by molar-refractivity contribution is 5.89. The Kier molecular flexibility index (Phi) is 10.1. The van der Waals surface area contributed by atoms with Crippen molar-refractivity contribution in [3.8, 4) is 28.3 Å². The molecule has 4 aromatic rings. The Bertz CT molecular complexity index is 1530. The Balaban J connectivity index is 0.930. The van der Waals surface area contributed by atoms with Gasteiger partial charge in [0.2, 0.25) is 5.91 Å². The molecule has 2 aromatic heterocycles. The van der Waals surface area contributed by atoms with Gasteiger partial charge in [-0.15, -0.1) is 10.2 Å². The van der Waals surface area contributed by atoms with Crippen LogP contribution in [0.15, 0.2) is 66.7 Å². The maximum atomic E-state index is 12.3. The van der Waals surface area contributed by atoms with Crippen LogP contribution in [-0.4, -0.2) is 33.0 Å². The number of aryl methyl sites for hydroxylation is 3. The molecule has 2 aromatic carbocycles. The van der Waals surface area contributed by atoms with E-state index < -0.39 is 0 Å². The average Bonchev–Trinajstić information content (AvgIpc) is 3.02. The first-order valence-corrected chi connectivity index (χ1v) is 15.1. The normalized spacial score (nSPS) is 11.9. The van der Waals surface area contributed by atoms with Gasteiger partial charge in [0, 0.05) is 24.1 Å². The van der Waals surface area contributed by atoms with Gasteiger partial charge in [0.1, 0.15) is 11.2 Å². The minimum Gasteiger partial charge on any atom is -0.497 e. The molecule has 0 radical (unpaired) electrons. The van der Waals surface area contributed by atoms with Gasteiger partial charge in [-0.1, -0.05) is 62.8 Å². The second-order valence-corrected chi connectivity index (χ2v) is 10.9. The zero-order valence-electron chi connectivity index (χ0n) is 24.4. The maximum absolute atomic E-state index is 12.3. The molecule has 0 spiro atoms. The number of nitrogens with one attached hydrogen (secondary N) is 2. The second-order valence-electron chi connectivity index (χ2n) is 10.9. The number of carbonyl (C=O) groups is 1. The van der Waals surface area contributed by atoms with Crippen molar-refractivity contribution in [2.45, 2.75) is 77.2 Å². The summed E-state index contributed by atoms with van der Waals surface area (Å²) in [5.41, 5.74) is 7.02. The zero-order valence-corrected chi connectivity index (χ0v) is 24.4. The van der Waals surface area contributed by atoms with E-state index in [1.54, 1.807) is 13.2 Å². The number of carbonyl (C=O) groups excluding carboxylic acids is 1. The Morgan fingerprint density at radius 3 is 2.31 bits per heavy atom. The van der Waals surface area contributed by atoms with Gasteiger partial charge in [-0.2, -0.15) is 5.10 Å². The molecule has 1 aliphatic carbocycles. The summed E-state index contributed by atoms with van der Waals surface area (Å²) in [6.07, 6.45) is 11.3. The van der Waals surface area contributed by atoms with E-state index in [1.807, 2.05) is 41.1 Å². The highest BCUT2D eigenvalue weighted by atomic mass is 16.5. The average molecular weight is 565 g/mol. The number of hydrogen-bond donors (Lipinski definition) is 2. The summed E-state index contributed by atoms with van der Waals surface area (Å²) < 4.78 is 7.06. The topological polar surface area (TPSA) is 106 Å². The van der Waals surface area contributed by atoms with Crippen molar-refractivity contribution in [3.05, 3.63) is 83.3 Å². The van der Waals surface area contributed by atoms with E-state index in [4.69, 9.17) is 15.2 Å². The number of aromatic nitrogens is 4. The summed E-state index contributed by atoms with van der Waals surface area (Å²) >= 11 is 0. The lowest BCUT2D eigenvalue weighted by molar-refractivity contribution is -0.116. The predicted octanol–water partition coefficient (Wildman–Crippen LogP) is 6.74. The van der Waals surface area contributed by atoms with Crippen LogP contribution in [0.4, 0.5) is 5.82 Å². The number of nitrogens with zero attached hydrogens (tertiary/aromatic N) is 4. The molecule has 8 heteroatoms. The van der Waals surface area contributed by atoms with Crippen molar-refractivity contribution in [2.75, 3.05) is 12.4 Å². The number of ether oxygens (including phenoxy) is 1. The summed E-state index contributed by atoms with van der Waals surface area (Å²) in [7, 11) is 1.64. The third kappa shape index (κ3) is 7.69. The van der Waals surface area contributed by atoms with Crippen LogP contribution < -0.4 is 15.5 Å². The van der Waals surface area contributed by atoms with Crippen LogP contribution >= 0.6 is 0 Å². The van der Waals surface area contributed by atoms with Gasteiger partial charge in [-0.25, -0.2) is 4.68 Å². The molecule has 0 atom stereocenters. The van der Waals surface area contributed by atoms with Gasteiger partial charge in [-0.3, -0.25) is 10.2 Å². The third-order valence-electron chi connectivity index (χ3n) is 7.89. The van der Waals surface area contributed by atoms with E-state index in [0.29, 0.717) is 17.7 Å². The number of methoxy groups -OCH3 is 1. The fourth-order valence-corrected chi connectivity index (χ4v) is 5.50. The highest BCUT2D eigenvalue weighted by Gasteiger charge is 2.18. The lowest BCUT2D eigenvalue weighted by Gasteiger charge is -2.20. The number of unbranched alkanes of at least 4 members (excludes halogenated alkanes) is 7. The standard InChI is InChI=1S/C34H40N6O2/c1-42-28-19-17-26(18-20-28)30-21-22-32(38-37-30)36-33(41)14-8-6-4-2-3-5-7-11-23-40-31(35)24-27-16-15-25-12-9-10-13-29(25)34(27)39-40/h9-10,12-13,17-22,24,35H,2-8,11,14-16,23H2,1H3,(H,36,38,41). The largest absolute Gasteiger partial charge is 0.497 e. The molecule has 2 N–H and O–H groups in total. The SMILES string of the molecule is COc1ccc(-c2ccc(NC(=O)CCCCCCCCCCn3nc4c(cc3=N)CCc3ccccc3-4)nn2)cc1. The molecule has 0 saturated carbocycles. The first-order chi connectivity index (χ1) is 20.6. The van der Waals surface area contributed by atoms with Crippen LogP contribution in [-0.2, 0) is 24.2 Å². The molecule has 218 valence electrons. The Labute approximate surface area is 247 Å². The Morgan fingerprint density at radius 2 is 1.57 bits per heavy atom. The van der Waals surface area contributed by atoms with E-state index in [-0.39, 0.29) is 5.91 Å². The van der Waals surface area contributed by atoms with Crippen LogP contribution in [0.5, 0.6) is 5.75 Å². The predicted molar refractivity (Wildman–Crippen MR) is 165 cm³/mol. The molecule has 0 bridgehead atoms. The van der Waals surface area contributed by atoms with Crippen LogP contribution in [0.3, 0.4) is 0 Å². The highest BCUT2D eigenvalue weighted by Crippen LogP contribution is 2.30. The van der Waals surface area contributed by atoms with Crippen molar-refractivity contribution in [3.63, 3.8) is 0 Å². The van der Waals surface area contributed by atoms with E-state index >= 15 is 0 Å². The molecule has 0 saturated heterocycles. The van der Waals surface area contributed by atoms with Crippen molar-refractivity contribution >= 4 is 11.7 Å². The minimum atomic E-state index is -0.0213. The Morgan fingerprint density at radius 1 is 0.857 bits per heavy atom. The molecule has 0 unspecified atom stereocenters. The molecular formula is C34H40N6O2. The fraction of sp³-hybridized carbons (Fsp3) is 0.382. The number of fused-ring (bicyclic) bond motifs is 3. The lowest BCUT2D eigenvalue weighted by atomic mass is 9.89. The Hall–Kier alpha value is -4.33. The molecule has 0 aliphatic heterocycles. The molecule has 42 heavy (non-hydrogen) atoms. The smallest absolute Gasteiger partial charge is 0.225 e. The monoisotopic (exact) mass is 564 g/mol. The molecule has 1 aliphatic rings. The molecule has 5 rings (SSSR count). The van der Waals surface area contributed by atoms with Gasteiger partial charge in [-0.05, 0) is 79.3 Å². The van der Waals surface area contributed by atoms with Crippen molar-refractivity contribution in [2.24, 2.45) is 0 Å². The summed E-state index contributed by atoms with van der Waals surface area (Å²) in [6.45, 7) is 0.790. The number of benzene rings is 2. The van der Waals surface area contributed by atoms with Crippen LogP contribution in [0, 0.1) is 5.41 Å². The molecule has 2 heterocycles. The summed E-state index contributed by atoms with van der Waals surface area (Å²) in [6, 6.07) is 21.8. The van der Waals surface area contributed by atoms with Crippen LogP contribution in [0.2, 0.25) is 0 Å². The van der Waals surface area contributed by atoms with Gasteiger partial charge in [0.15, 0.2) is 5.82 Å². The molecule has 0 fully saturated rings. The zero-order chi connectivity index (χ0) is 29.1. The van der Waals surface area contributed by atoms with Crippen molar-refractivity contribution in [1.29, 1.82) is 5.41 Å². The van der Waals surface area contributed by atoms with Gasteiger partial charge in [0.05, 0.1) is 18.5 Å². The van der Waals surface area contributed by atoms with E-state index in [1.165, 1.54) is 36.0 Å². The van der Waals surface area contributed by atoms with Crippen LogP contribution in [0.1, 0.15) is 68.9 Å². The van der Waals surface area contributed by atoms with E-state index in [0.717, 1.165) is 74.2 Å². The third-order valence-corrected chi connectivity index (χ3v) is 7.89. The van der Waals surface area contributed by atoms with Gasteiger partial charge >= 0.3 is 0 Å². The first-order valence-electron chi connectivity index (χ1n) is 15.1. The number of anilines is 1. The first kappa shape index (κ1) is 29.2. The summed E-state index contributed by atoms with van der Waals surface area (Å²) in [4.78, 5) is 12.3. The number of rotatable bonds is 14. The van der Waals surface area contributed by atoms with Gasteiger partial charge in [0.25, 0.3) is 0 Å².